The highest BCUT2D eigenvalue weighted by Crippen LogP contribution is 2.26. The molecule has 0 aliphatic carbocycles. The summed E-state index contributed by atoms with van der Waals surface area (Å²) in [6.07, 6.45) is 18.0. The van der Waals surface area contributed by atoms with Gasteiger partial charge in [-0.2, -0.15) is 4.99 Å². The van der Waals surface area contributed by atoms with Gasteiger partial charge in [0.25, 0.3) is 0 Å². The fourth-order valence-electron chi connectivity index (χ4n) is 3.55. The van der Waals surface area contributed by atoms with Crippen LogP contribution in [0.25, 0.3) is 0 Å². The number of hydrogen-bond donors (Lipinski definition) is 3. The van der Waals surface area contributed by atoms with Gasteiger partial charge in [0, 0.05) is 0 Å². The number of ether oxygens (including phenoxy) is 1. The minimum absolute atomic E-state index is 0.148. The zero-order valence-electron chi connectivity index (χ0n) is 20.2. The average Bonchev–Trinajstić information content (AvgIpc) is 2.77. The quantitative estimate of drug-likeness (QED) is 0.106. The van der Waals surface area contributed by atoms with Gasteiger partial charge in [-0.25, -0.2) is 9.79 Å². The molecule has 0 radical (unpaired) electrons. The van der Waals surface area contributed by atoms with Crippen molar-refractivity contribution in [3.63, 3.8) is 0 Å². The van der Waals surface area contributed by atoms with Crippen molar-refractivity contribution >= 4 is 35.2 Å². The van der Waals surface area contributed by atoms with Crippen LogP contribution in [0.5, 0.6) is 0 Å². The smallest absolute Gasteiger partial charge is 0.338 e. The average molecular weight is 480 g/mol. The Labute approximate surface area is 204 Å². The van der Waals surface area contributed by atoms with Gasteiger partial charge in [-0.05, 0) is 24.6 Å². The van der Waals surface area contributed by atoms with E-state index in [-0.39, 0.29) is 11.9 Å². The van der Waals surface area contributed by atoms with Crippen LogP contribution in [0.2, 0.25) is 5.02 Å². The molecule has 0 amide bonds. The molecule has 1 rings (SSSR count). The topological polar surface area (TPSA) is 129 Å². The lowest BCUT2D eigenvalue weighted by Gasteiger charge is -2.07. The molecule has 0 aromatic heterocycles. The van der Waals surface area contributed by atoms with Gasteiger partial charge in [-0.15, -0.1) is 0 Å². The van der Waals surface area contributed by atoms with Gasteiger partial charge in [0.15, 0.2) is 5.96 Å². The van der Waals surface area contributed by atoms with Gasteiger partial charge in [-0.1, -0.05) is 102 Å². The second-order valence-corrected chi connectivity index (χ2v) is 8.81. The van der Waals surface area contributed by atoms with E-state index in [0.29, 0.717) is 22.9 Å². The summed E-state index contributed by atoms with van der Waals surface area (Å²) < 4.78 is 5.37. The zero-order valence-corrected chi connectivity index (χ0v) is 20.9. The van der Waals surface area contributed by atoms with Crippen molar-refractivity contribution in [3.8, 4) is 0 Å². The van der Waals surface area contributed by atoms with E-state index in [9.17, 15) is 4.79 Å². The van der Waals surface area contributed by atoms with E-state index in [1.165, 1.54) is 83.1 Å². The molecular weight excluding hydrogens is 438 g/mol. The molecule has 0 fully saturated rings. The fourth-order valence-corrected chi connectivity index (χ4v) is 3.71. The van der Waals surface area contributed by atoms with Crippen molar-refractivity contribution in [1.29, 1.82) is 0 Å². The minimum atomic E-state index is -0.418. The largest absolute Gasteiger partial charge is 0.462 e. The number of benzene rings is 1. The van der Waals surface area contributed by atoms with Gasteiger partial charge in [0.1, 0.15) is 0 Å². The molecular formula is C25H42ClN5O2. The molecule has 0 aliphatic rings. The number of carbonyl (C=O) groups is 1. The summed E-state index contributed by atoms with van der Waals surface area (Å²) in [5, 5.41) is 0.326. The Morgan fingerprint density at radius 3 is 1.88 bits per heavy atom. The number of nitrogens with zero attached hydrogens (tertiary/aromatic N) is 2. The van der Waals surface area contributed by atoms with Crippen LogP contribution < -0.4 is 17.2 Å². The summed E-state index contributed by atoms with van der Waals surface area (Å²) in [5.74, 6) is -0.779. The number of guanidine groups is 2. The Morgan fingerprint density at radius 1 is 0.848 bits per heavy atom. The van der Waals surface area contributed by atoms with E-state index < -0.39 is 5.97 Å². The number of hydrogen-bond acceptors (Lipinski definition) is 3. The first-order chi connectivity index (χ1) is 15.9. The minimum Gasteiger partial charge on any atom is -0.462 e. The Kier molecular flexibility index (Phi) is 15.8. The highest BCUT2D eigenvalue weighted by atomic mass is 35.5. The van der Waals surface area contributed by atoms with Gasteiger partial charge in [0.05, 0.1) is 22.9 Å². The number of esters is 1. The lowest BCUT2D eigenvalue weighted by Crippen LogP contribution is -2.26. The third kappa shape index (κ3) is 14.5. The van der Waals surface area contributed by atoms with E-state index in [4.69, 9.17) is 33.5 Å². The SMILES string of the molecule is CCCCCCCCCCCCCCCCOC(=O)c1ccc(Cl)c(N=C(N)N=C(N)N)c1. The van der Waals surface area contributed by atoms with E-state index in [0.717, 1.165) is 12.8 Å². The van der Waals surface area contributed by atoms with Crippen LogP contribution in [-0.2, 0) is 4.74 Å². The van der Waals surface area contributed by atoms with Crippen LogP contribution >= 0.6 is 11.6 Å². The van der Waals surface area contributed by atoms with Crippen molar-refractivity contribution in [3.05, 3.63) is 28.8 Å². The fraction of sp³-hybridized carbons (Fsp3) is 0.640. The predicted octanol–water partition coefficient (Wildman–Crippen LogP) is 6.20. The zero-order chi connectivity index (χ0) is 24.3. The first-order valence-corrected chi connectivity index (χ1v) is 12.7. The number of carbonyl (C=O) groups excluding carboxylic acids is 1. The summed E-state index contributed by atoms with van der Waals surface area (Å²) in [4.78, 5) is 20.0. The molecule has 33 heavy (non-hydrogen) atoms. The van der Waals surface area contributed by atoms with Crippen molar-refractivity contribution in [2.24, 2.45) is 27.2 Å². The van der Waals surface area contributed by atoms with Crippen molar-refractivity contribution in [2.45, 2.75) is 96.8 Å². The van der Waals surface area contributed by atoms with Gasteiger partial charge >= 0.3 is 5.97 Å². The Balaban J connectivity index is 2.14. The van der Waals surface area contributed by atoms with Crippen LogP contribution in [0, 0.1) is 0 Å². The molecule has 1 aromatic carbocycles. The van der Waals surface area contributed by atoms with E-state index in [1.807, 2.05) is 0 Å². The third-order valence-electron chi connectivity index (χ3n) is 5.39. The summed E-state index contributed by atoms with van der Waals surface area (Å²) >= 11 is 6.10. The summed E-state index contributed by atoms with van der Waals surface area (Å²) in [7, 11) is 0. The molecule has 7 nitrogen and oxygen atoms in total. The third-order valence-corrected chi connectivity index (χ3v) is 5.71. The Morgan fingerprint density at radius 2 is 1.36 bits per heavy atom. The van der Waals surface area contributed by atoms with Gasteiger partial charge in [-0.3, -0.25) is 0 Å². The van der Waals surface area contributed by atoms with Crippen LogP contribution in [0.1, 0.15) is 107 Å². The van der Waals surface area contributed by atoms with Crippen LogP contribution in [-0.4, -0.2) is 24.5 Å². The van der Waals surface area contributed by atoms with Crippen molar-refractivity contribution < 1.29 is 9.53 Å². The molecule has 0 spiro atoms. The molecule has 0 aliphatic heterocycles. The first-order valence-electron chi connectivity index (χ1n) is 12.3. The Bertz CT molecular complexity index is 748. The lowest BCUT2D eigenvalue weighted by molar-refractivity contribution is 0.0497. The molecule has 0 saturated carbocycles. The second kappa shape index (κ2) is 18.2. The van der Waals surface area contributed by atoms with Crippen LogP contribution in [0.3, 0.4) is 0 Å². The molecule has 186 valence electrons. The first kappa shape index (κ1) is 28.8. The van der Waals surface area contributed by atoms with Crippen molar-refractivity contribution in [1.82, 2.24) is 0 Å². The number of aliphatic imine (C=N–C) groups is 2. The van der Waals surface area contributed by atoms with E-state index >= 15 is 0 Å². The van der Waals surface area contributed by atoms with Crippen LogP contribution in [0.15, 0.2) is 28.2 Å². The predicted molar refractivity (Wildman–Crippen MR) is 139 cm³/mol. The Hall–Kier alpha value is -2.28. The molecule has 0 atom stereocenters. The molecule has 0 unspecified atom stereocenters. The standard InChI is InChI=1S/C25H42ClN5O2/c1-2-3-4-5-6-7-8-9-10-11-12-13-14-15-18-33-23(32)20-16-17-21(26)22(19-20)30-25(29)31-24(27)28/h16-17,19H,2-15,18H2,1H3,(H6,27,28,29,30,31). The number of nitrogens with two attached hydrogens (primary N) is 3. The van der Waals surface area contributed by atoms with Gasteiger partial charge < -0.3 is 21.9 Å². The molecule has 6 N–H and O–H groups in total. The van der Waals surface area contributed by atoms with E-state index in [1.54, 1.807) is 12.1 Å². The van der Waals surface area contributed by atoms with E-state index in [2.05, 4.69) is 16.9 Å². The molecule has 0 heterocycles. The summed E-state index contributed by atoms with van der Waals surface area (Å²) in [6.45, 7) is 2.66. The van der Waals surface area contributed by atoms with Crippen LogP contribution in [0.4, 0.5) is 5.69 Å². The van der Waals surface area contributed by atoms with Crippen molar-refractivity contribution in [2.75, 3.05) is 6.61 Å². The lowest BCUT2D eigenvalue weighted by atomic mass is 10.0. The second-order valence-electron chi connectivity index (χ2n) is 8.40. The maximum absolute atomic E-state index is 12.3. The monoisotopic (exact) mass is 479 g/mol. The molecule has 8 heteroatoms. The highest BCUT2D eigenvalue weighted by molar-refractivity contribution is 6.33. The maximum Gasteiger partial charge on any atom is 0.338 e. The number of rotatable bonds is 17. The summed E-state index contributed by atoms with van der Waals surface area (Å²) in [6, 6.07) is 4.66. The molecule has 1 aromatic rings. The van der Waals surface area contributed by atoms with Gasteiger partial charge in [0.2, 0.25) is 5.96 Å². The molecule has 0 saturated heterocycles. The normalized spacial score (nSPS) is 11.4. The maximum atomic E-state index is 12.3. The summed E-state index contributed by atoms with van der Waals surface area (Å²) in [5.41, 5.74) is 16.8. The highest BCUT2D eigenvalue weighted by Gasteiger charge is 2.10. The molecule has 0 bridgehead atoms. The number of halogens is 1. The number of unbranched alkanes of at least 4 members (excludes halogenated alkanes) is 13.